The Balaban J connectivity index is 2.12. The minimum absolute atomic E-state index is 0.0444. The molecule has 1 aliphatic heterocycles. The van der Waals surface area contributed by atoms with E-state index in [0.29, 0.717) is 15.4 Å². The van der Waals surface area contributed by atoms with E-state index >= 15 is 0 Å². The van der Waals surface area contributed by atoms with Crippen LogP contribution < -0.4 is 16.1 Å². The number of ether oxygens (including phenoxy) is 1. The highest BCUT2D eigenvalue weighted by Crippen LogP contribution is 2.44. The molecule has 0 radical (unpaired) electrons. The molecular weight excluding hydrogens is 403 g/mol. The molecule has 0 saturated carbocycles. The molecule has 3 aromatic rings. The van der Waals surface area contributed by atoms with Crippen LogP contribution in [0.3, 0.4) is 0 Å². The molecule has 0 unspecified atom stereocenters. The molecule has 7 heteroatoms. The highest BCUT2D eigenvalue weighted by atomic mass is 79.9. The van der Waals surface area contributed by atoms with E-state index in [1.54, 1.807) is 24.3 Å². The molecule has 1 aromatic heterocycles. The van der Waals surface area contributed by atoms with E-state index < -0.39 is 17.4 Å². The van der Waals surface area contributed by atoms with Crippen molar-refractivity contribution in [2.24, 2.45) is 5.73 Å². The zero-order valence-corrected chi connectivity index (χ0v) is 14.7. The lowest BCUT2D eigenvalue weighted by Crippen LogP contribution is -2.26. The van der Waals surface area contributed by atoms with Crippen LogP contribution in [0.15, 0.2) is 67.6 Å². The van der Waals surface area contributed by atoms with Gasteiger partial charge < -0.3 is 14.9 Å². The molecule has 2 N–H and O–H groups in total. The number of nitriles is 1. The Kier molecular flexibility index (Phi) is 3.78. The maximum Gasteiger partial charge on any atom is 0.344 e. The van der Waals surface area contributed by atoms with Crippen LogP contribution in [-0.4, -0.2) is 0 Å². The topological polar surface area (TPSA) is 89.3 Å². The van der Waals surface area contributed by atoms with Gasteiger partial charge in [0.25, 0.3) is 0 Å². The molecule has 2 heterocycles. The van der Waals surface area contributed by atoms with Gasteiger partial charge in [-0.05, 0) is 30.3 Å². The van der Waals surface area contributed by atoms with Crippen LogP contribution in [0.5, 0.6) is 5.75 Å². The Morgan fingerprint density at radius 3 is 2.77 bits per heavy atom. The van der Waals surface area contributed by atoms with Gasteiger partial charge in [0.1, 0.15) is 23.0 Å². The van der Waals surface area contributed by atoms with E-state index in [0.717, 1.165) is 0 Å². The summed E-state index contributed by atoms with van der Waals surface area (Å²) < 4.78 is 26.1. The second kappa shape index (κ2) is 6.00. The fourth-order valence-corrected chi connectivity index (χ4v) is 3.49. The van der Waals surface area contributed by atoms with Crippen molar-refractivity contribution >= 4 is 26.9 Å². The van der Waals surface area contributed by atoms with Crippen LogP contribution in [0.2, 0.25) is 0 Å². The van der Waals surface area contributed by atoms with E-state index in [4.69, 9.17) is 14.9 Å². The van der Waals surface area contributed by atoms with Crippen molar-refractivity contribution in [2.45, 2.75) is 5.92 Å². The van der Waals surface area contributed by atoms with Gasteiger partial charge in [0.15, 0.2) is 5.75 Å². The Hall–Kier alpha value is -3.11. The summed E-state index contributed by atoms with van der Waals surface area (Å²) in [5.74, 6) is -1.58. The van der Waals surface area contributed by atoms with Crippen LogP contribution in [0.25, 0.3) is 11.0 Å². The monoisotopic (exact) mass is 412 g/mol. The summed E-state index contributed by atoms with van der Waals surface area (Å²) in [4.78, 5) is 12.7. The molecule has 0 spiro atoms. The minimum Gasteiger partial charge on any atom is -0.439 e. The number of fused-ring (bicyclic) bond motifs is 3. The summed E-state index contributed by atoms with van der Waals surface area (Å²) in [6.07, 6.45) is 0. The lowest BCUT2D eigenvalue weighted by atomic mass is 9.83. The smallest absolute Gasteiger partial charge is 0.344 e. The third-order valence-electron chi connectivity index (χ3n) is 4.24. The largest absolute Gasteiger partial charge is 0.439 e. The van der Waals surface area contributed by atoms with Crippen molar-refractivity contribution < 1.29 is 13.5 Å². The fraction of sp³-hybridized carbons (Fsp3) is 0.0526. The number of nitrogens with zero attached hydrogens (tertiary/aromatic N) is 1. The van der Waals surface area contributed by atoms with E-state index in [1.807, 2.05) is 6.07 Å². The van der Waals surface area contributed by atoms with Crippen molar-refractivity contribution in [3.63, 3.8) is 0 Å². The summed E-state index contributed by atoms with van der Waals surface area (Å²) in [5.41, 5.74) is 5.68. The van der Waals surface area contributed by atoms with Gasteiger partial charge in [-0.1, -0.05) is 28.1 Å². The standard InChI is InChI=1S/C19H10BrFN2O3/c20-9-5-6-13(21)11(7-9)15-12(8-22)18(23)26-17-10-3-1-2-4-14(10)25-19(24)16(15)17/h1-7,15H,23H2/t15-/m0/s1. The summed E-state index contributed by atoms with van der Waals surface area (Å²) in [5, 5.41) is 10.1. The quantitative estimate of drug-likeness (QED) is 0.611. The summed E-state index contributed by atoms with van der Waals surface area (Å²) >= 11 is 3.29. The van der Waals surface area contributed by atoms with Gasteiger partial charge >= 0.3 is 5.63 Å². The first-order chi connectivity index (χ1) is 12.5. The van der Waals surface area contributed by atoms with Crippen LogP contribution in [0, 0.1) is 17.1 Å². The third kappa shape index (κ3) is 2.38. The van der Waals surface area contributed by atoms with Crippen LogP contribution in [0.1, 0.15) is 17.0 Å². The van der Waals surface area contributed by atoms with Crippen LogP contribution in [0.4, 0.5) is 4.39 Å². The third-order valence-corrected chi connectivity index (χ3v) is 4.74. The van der Waals surface area contributed by atoms with Crippen molar-refractivity contribution in [3.05, 3.63) is 85.8 Å². The lowest BCUT2D eigenvalue weighted by molar-refractivity contribution is 0.387. The second-order valence-electron chi connectivity index (χ2n) is 5.72. The van der Waals surface area contributed by atoms with Gasteiger partial charge in [-0.15, -0.1) is 0 Å². The first-order valence-electron chi connectivity index (χ1n) is 7.59. The van der Waals surface area contributed by atoms with E-state index in [2.05, 4.69) is 15.9 Å². The predicted octanol–water partition coefficient (Wildman–Crippen LogP) is 3.91. The van der Waals surface area contributed by atoms with Crippen LogP contribution in [-0.2, 0) is 0 Å². The predicted molar refractivity (Wildman–Crippen MR) is 95.9 cm³/mol. The number of para-hydroxylation sites is 1. The molecular formula is C19H10BrFN2O3. The molecule has 0 fully saturated rings. The fourth-order valence-electron chi connectivity index (χ4n) is 3.11. The summed E-state index contributed by atoms with van der Waals surface area (Å²) in [6.45, 7) is 0. The number of nitrogens with two attached hydrogens (primary N) is 1. The van der Waals surface area contributed by atoms with E-state index in [9.17, 15) is 14.4 Å². The molecule has 0 bridgehead atoms. The number of halogens is 2. The normalized spacial score (nSPS) is 16.1. The first-order valence-corrected chi connectivity index (χ1v) is 8.39. The van der Waals surface area contributed by atoms with Gasteiger partial charge in [-0.3, -0.25) is 0 Å². The number of rotatable bonds is 1. The van der Waals surface area contributed by atoms with E-state index in [1.165, 1.54) is 18.2 Å². The van der Waals surface area contributed by atoms with Crippen molar-refractivity contribution in [1.82, 2.24) is 0 Å². The number of benzene rings is 2. The second-order valence-corrected chi connectivity index (χ2v) is 6.63. The van der Waals surface area contributed by atoms with Crippen molar-refractivity contribution in [3.8, 4) is 11.8 Å². The maximum atomic E-state index is 14.6. The Morgan fingerprint density at radius 2 is 2.00 bits per heavy atom. The Labute approximate surface area is 155 Å². The number of allylic oxidation sites excluding steroid dienone is 1. The van der Waals surface area contributed by atoms with Crippen molar-refractivity contribution in [2.75, 3.05) is 0 Å². The van der Waals surface area contributed by atoms with Gasteiger partial charge in [-0.25, -0.2) is 9.18 Å². The zero-order chi connectivity index (χ0) is 18.4. The Bertz CT molecular complexity index is 1190. The molecule has 0 amide bonds. The van der Waals surface area contributed by atoms with E-state index in [-0.39, 0.29) is 28.3 Å². The minimum atomic E-state index is -1.03. The molecule has 26 heavy (non-hydrogen) atoms. The lowest BCUT2D eigenvalue weighted by Gasteiger charge is -2.26. The maximum absolute atomic E-state index is 14.6. The highest BCUT2D eigenvalue weighted by molar-refractivity contribution is 9.10. The van der Waals surface area contributed by atoms with Gasteiger partial charge in [0.05, 0.1) is 16.9 Å². The molecule has 2 aromatic carbocycles. The van der Waals surface area contributed by atoms with Crippen molar-refractivity contribution in [1.29, 1.82) is 5.26 Å². The molecule has 1 aliphatic rings. The number of hydrogen-bond donors (Lipinski definition) is 1. The first kappa shape index (κ1) is 16.4. The highest BCUT2D eigenvalue weighted by Gasteiger charge is 2.36. The molecule has 0 aliphatic carbocycles. The molecule has 0 saturated heterocycles. The zero-order valence-electron chi connectivity index (χ0n) is 13.1. The van der Waals surface area contributed by atoms with Gasteiger partial charge in [0.2, 0.25) is 5.88 Å². The number of hydrogen-bond acceptors (Lipinski definition) is 5. The summed E-state index contributed by atoms with van der Waals surface area (Å²) in [7, 11) is 0. The van der Waals surface area contributed by atoms with Gasteiger partial charge in [-0.2, -0.15) is 5.26 Å². The van der Waals surface area contributed by atoms with Gasteiger partial charge in [0, 0.05) is 10.0 Å². The molecule has 1 atom stereocenters. The van der Waals surface area contributed by atoms with Crippen LogP contribution >= 0.6 is 15.9 Å². The molecule has 128 valence electrons. The molecule has 5 nitrogen and oxygen atoms in total. The SMILES string of the molecule is N#CC1=C(N)Oc2c(c(=O)oc3ccccc23)[C@H]1c1cc(Br)ccc1F. The average molecular weight is 413 g/mol. The Morgan fingerprint density at radius 1 is 1.23 bits per heavy atom. The molecule has 4 rings (SSSR count). The average Bonchev–Trinajstić information content (AvgIpc) is 2.63. The summed E-state index contributed by atoms with van der Waals surface area (Å²) in [6, 6.07) is 13.0.